The molecule has 0 aliphatic carbocycles. The number of hydrogen-bond donors (Lipinski definition) is 1. The van der Waals surface area contributed by atoms with Crippen LogP contribution in [-0.4, -0.2) is 51.7 Å². The van der Waals surface area contributed by atoms with E-state index in [1.54, 1.807) is 13.8 Å². The number of nitrogens with zero attached hydrogens (tertiary/aromatic N) is 4. The second-order valence-corrected chi connectivity index (χ2v) is 6.50. The lowest BCUT2D eigenvalue weighted by Crippen LogP contribution is -2.50. The molecule has 1 aliphatic heterocycles. The van der Waals surface area contributed by atoms with Crippen LogP contribution in [0.15, 0.2) is 12.4 Å². The van der Waals surface area contributed by atoms with Gasteiger partial charge in [0.15, 0.2) is 0 Å². The summed E-state index contributed by atoms with van der Waals surface area (Å²) in [7, 11) is 0. The fraction of sp³-hybridized carbons (Fsp3) is 0.733. The van der Waals surface area contributed by atoms with E-state index in [4.69, 9.17) is 0 Å². The summed E-state index contributed by atoms with van der Waals surface area (Å²) in [5, 5.41) is 18.1. The average Bonchev–Trinajstić information content (AvgIpc) is 3.03. The van der Waals surface area contributed by atoms with Crippen LogP contribution in [0.3, 0.4) is 0 Å². The number of amides is 1. The predicted octanol–water partition coefficient (Wildman–Crippen LogP) is 1.37. The summed E-state index contributed by atoms with van der Waals surface area (Å²) in [6.45, 7) is 8.99. The summed E-state index contributed by atoms with van der Waals surface area (Å²) in [4.78, 5) is 24.9. The minimum atomic E-state index is -0.928. The summed E-state index contributed by atoms with van der Waals surface area (Å²) >= 11 is 0. The van der Waals surface area contributed by atoms with Gasteiger partial charge in [0.1, 0.15) is 17.9 Å². The molecule has 1 aliphatic rings. The molecule has 1 amide bonds. The molecule has 0 bridgehead atoms. The van der Waals surface area contributed by atoms with Gasteiger partial charge in [-0.3, -0.25) is 19.6 Å². The monoisotopic (exact) mass is 323 g/mol. The molecule has 0 unspecified atom stereocenters. The van der Waals surface area contributed by atoms with E-state index in [-0.39, 0.29) is 11.6 Å². The van der Waals surface area contributed by atoms with Crippen molar-refractivity contribution in [1.82, 2.24) is 20.0 Å². The molecule has 1 aromatic heterocycles. The van der Waals surface area contributed by atoms with Gasteiger partial charge in [-0.15, -0.1) is 0 Å². The molecular weight excluding hydrogens is 298 g/mol. The lowest BCUT2D eigenvalue weighted by atomic mass is 9.94. The van der Waals surface area contributed by atoms with Gasteiger partial charge in [0.2, 0.25) is 5.91 Å². The molecule has 0 radical (unpaired) electrons. The van der Waals surface area contributed by atoms with Crippen molar-refractivity contribution in [2.75, 3.05) is 26.2 Å². The number of piperidine rings is 1. The molecule has 2 rings (SSSR count). The number of hydrogen-bond acceptors (Lipinski definition) is 5. The van der Waals surface area contributed by atoms with Gasteiger partial charge >= 0.3 is 5.69 Å². The number of rotatable bonds is 6. The zero-order valence-corrected chi connectivity index (χ0v) is 14.0. The SMILES string of the molecule is CCNCC1CCN(C(=O)C(C)(C)n2cc([N+](=O)[O-])cn2)CC1. The molecule has 1 aromatic rings. The van der Waals surface area contributed by atoms with Crippen molar-refractivity contribution in [2.24, 2.45) is 5.92 Å². The first-order valence-corrected chi connectivity index (χ1v) is 8.06. The Morgan fingerprint density at radius 3 is 2.65 bits per heavy atom. The van der Waals surface area contributed by atoms with Crippen LogP contribution in [0.5, 0.6) is 0 Å². The zero-order chi connectivity index (χ0) is 17.0. The average molecular weight is 323 g/mol. The lowest BCUT2D eigenvalue weighted by Gasteiger charge is -2.37. The highest BCUT2D eigenvalue weighted by molar-refractivity contribution is 5.83. The van der Waals surface area contributed by atoms with Crippen molar-refractivity contribution in [2.45, 2.75) is 39.2 Å². The molecule has 0 spiro atoms. The molecule has 1 saturated heterocycles. The van der Waals surface area contributed by atoms with Crippen molar-refractivity contribution in [3.63, 3.8) is 0 Å². The van der Waals surface area contributed by atoms with Gasteiger partial charge in [-0.25, -0.2) is 0 Å². The van der Waals surface area contributed by atoms with E-state index >= 15 is 0 Å². The highest BCUT2D eigenvalue weighted by Gasteiger charge is 2.37. The Labute approximate surface area is 136 Å². The van der Waals surface area contributed by atoms with Gasteiger partial charge in [0.05, 0.1) is 4.92 Å². The number of carbonyl (C=O) groups excluding carboxylic acids is 1. The summed E-state index contributed by atoms with van der Waals surface area (Å²) in [5.41, 5.74) is -1.03. The minimum Gasteiger partial charge on any atom is -0.341 e. The first-order valence-electron chi connectivity index (χ1n) is 8.06. The molecule has 0 aromatic carbocycles. The smallest absolute Gasteiger partial charge is 0.307 e. The number of nitrogens with one attached hydrogen (secondary N) is 1. The Morgan fingerprint density at radius 1 is 1.48 bits per heavy atom. The predicted molar refractivity (Wildman–Crippen MR) is 86.1 cm³/mol. The Kier molecular flexibility index (Phi) is 5.35. The van der Waals surface area contributed by atoms with Crippen LogP contribution in [0, 0.1) is 16.0 Å². The first-order chi connectivity index (χ1) is 10.9. The van der Waals surface area contributed by atoms with Crippen LogP contribution < -0.4 is 5.32 Å². The molecule has 1 fully saturated rings. The normalized spacial score (nSPS) is 16.6. The Hall–Kier alpha value is -1.96. The van der Waals surface area contributed by atoms with E-state index in [0.29, 0.717) is 5.92 Å². The maximum atomic E-state index is 12.8. The highest BCUT2D eigenvalue weighted by Crippen LogP contribution is 2.24. The van der Waals surface area contributed by atoms with Crippen molar-refractivity contribution in [3.8, 4) is 0 Å². The lowest BCUT2D eigenvalue weighted by molar-refractivity contribution is -0.385. The summed E-state index contributed by atoms with van der Waals surface area (Å²) in [5.74, 6) is 0.560. The highest BCUT2D eigenvalue weighted by atomic mass is 16.6. The van der Waals surface area contributed by atoms with E-state index in [2.05, 4.69) is 17.3 Å². The van der Waals surface area contributed by atoms with Crippen molar-refractivity contribution in [1.29, 1.82) is 0 Å². The fourth-order valence-corrected chi connectivity index (χ4v) is 2.89. The van der Waals surface area contributed by atoms with E-state index in [0.717, 1.165) is 39.0 Å². The summed E-state index contributed by atoms with van der Waals surface area (Å²) in [6, 6.07) is 0. The number of nitro groups is 1. The summed E-state index contributed by atoms with van der Waals surface area (Å²) < 4.78 is 1.39. The van der Waals surface area contributed by atoms with E-state index in [1.165, 1.54) is 17.1 Å². The third-order valence-corrected chi connectivity index (χ3v) is 4.46. The van der Waals surface area contributed by atoms with Gasteiger partial charge in [-0.2, -0.15) is 5.10 Å². The molecule has 8 nitrogen and oxygen atoms in total. The van der Waals surface area contributed by atoms with Gasteiger partial charge in [-0.05, 0) is 45.7 Å². The van der Waals surface area contributed by atoms with Crippen LogP contribution >= 0.6 is 0 Å². The van der Waals surface area contributed by atoms with E-state index in [9.17, 15) is 14.9 Å². The third kappa shape index (κ3) is 3.87. The standard InChI is InChI=1S/C15H25N5O3/c1-4-16-9-12-5-7-18(8-6-12)14(21)15(2,3)19-11-13(10-17-19)20(22)23/h10-12,16H,4-9H2,1-3H3. The van der Waals surface area contributed by atoms with Crippen LogP contribution in [-0.2, 0) is 10.3 Å². The van der Waals surface area contributed by atoms with Gasteiger partial charge in [-0.1, -0.05) is 6.92 Å². The van der Waals surface area contributed by atoms with Crippen LogP contribution in [0.2, 0.25) is 0 Å². The topological polar surface area (TPSA) is 93.3 Å². The quantitative estimate of drug-likeness (QED) is 0.630. The summed E-state index contributed by atoms with van der Waals surface area (Å²) in [6.07, 6.45) is 4.45. The van der Waals surface area contributed by atoms with Gasteiger partial charge < -0.3 is 10.2 Å². The Morgan fingerprint density at radius 2 is 2.13 bits per heavy atom. The van der Waals surface area contributed by atoms with Crippen LogP contribution in [0.1, 0.15) is 33.6 Å². The van der Waals surface area contributed by atoms with Crippen LogP contribution in [0.25, 0.3) is 0 Å². The second-order valence-electron chi connectivity index (χ2n) is 6.50. The molecule has 0 saturated carbocycles. The maximum Gasteiger partial charge on any atom is 0.307 e. The molecule has 23 heavy (non-hydrogen) atoms. The number of likely N-dealkylation sites (tertiary alicyclic amines) is 1. The Balaban J connectivity index is 2.00. The van der Waals surface area contributed by atoms with Gasteiger partial charge in [0, 0.05) is 13.1 Å². The third-order valence-electron chi connectivity index (χ3n) is 4.46. The first kappa shape index (κ1) is 17.4. The largest absolute Gasteiger partial charge is 0.341 e. The molecule has 128 valence electrons. The van der Waals surface area contributed by atoms with Crippen LogP contribution in [0.4, 0.5) is 5.69 Å². The molecule has 2 heterocycles. The zero-order valence-electron chi connectivity index (χ0n) is 14.0. The van der Waals surface area contributed by atoms with E-state index in [1.807, 2.05) is 4.90 Å². The second kappa shape index (κ2) is 7.08. The maximum absolute atomic E-state index is 12.8. The molecule has 8 heteroatoms. The van der Waals surface area contributed by atoms with Crippen molar-refractivity contribution >= 4 is 11.6 Å². The number of aromatic nitrogens is 2. The number of carbonyl (C=O) groups is 1. The molecule has 0 atom stereocenters. The van der Waals surface area contributed by atoms with Crippen molar-refractivity contribution in [3.05, 3.63) is 22.5 Å². The van der Waals surface area contributed by atoms with Crippen molar-refractivity contribution < 1.29 is 9.72 Å². The molecular formula is C15H25N5O3. The Bertz CT molecular complexity index is 561. The molecule has 1 N–H and O–H groups in total. The fourth-order valence-electron chi connectivity index (χ4n) is 2.89. The minimum absolute atomic E-state index is 0.0441. The van der Waals surface area contributed by atoms with Gasteiger partial charge in [0.25, 0.3) is 0 Å². The van der Waals surface area contributed by atoms with E-state index < -0.39 is 10.5 Å².